The Kier molecular flexibility index (Phi) is 5.99. The second-order valence-electron chi connectivity index (χ2n) is 6.55. The number of alkyl halides is 3. The fraction of sp³-hybridized carbons (Fsp3) is 0.316. The zero-order valence-electron chi connectivity index (χ0n) is 16.2. The molecular formula is C19H19F3N6O2. The Morgan fingerprint density at radius 2 is 1.70 bits per heavy atom. The highest BCUT2D eigenvalue weighted by atomic mass is 19.4. The summed E-state index contributed by atoms with van der Waals surface area (Å²) in [5.41, 5.74) is 1.73. The van der Waals surface area contributed by atoms with Crippen LogP contribution in [0, 0.1) is 13.8 Å². The molecule has 0 aliphatic carbocycles. The molecule has 2 N–H and O–H groups in total. The van der Waals surface area contributed by atoms with Gasteiger partial charge in [-0.1, -0.05) is 18.2 Å². The molecule has 2 heterocycles. The van der Waals surface area contributed by atoms with Gasteiger partial charge in [0, 0.05) is 35.6 Å². The molecule has 0 aliphatic rings. The fourth-order valence-corrected chi connectivity index (χ4v) is 2.88. The molecule has 2 aromatic heterocycles. The van der Waals surface area contributed by atoms with E-state index in [1.165, 1.54) is 0 Å². The van der Waals surface area contributed by atoms with E-state index in [2.05, 4.69) is 25.7 Å². The van der Waals surface area contributed by atoms with Crippen molar-refractivity contribution in [3.8, 4) is 0 Å². The number of rotatable bonds is 6. The number of aromatic nitrogens is 4. The summed E-state index contributed by atoms with van der Waals surface area (Å²) >= 11 is 0. The number of halogens is 3. The SMILES string of the molecule is Cc1nc2nc(C(F)(F)F)nn2c(C)c1CC(=O)NCCNC(=O)c1ccccc1. The van der Waals surface area contributed by atoms with E-state index in [4.69, 9.17) is 0 Å². The number of aryl methyl sites for hydroxylation is 2. The first-order valence-corrected chi connectivity index (χ1v) is 9.07. The van der Waals surface area contributed by atoms with Gasteiger partial charge in [0.2, 0.25) is 5.91 Å². The van der Waals surface area contributed by atoms with Crippen LogP contribution in [-0.4, -0.2) is 44.5 Å². The highest BCUT2D eigenvalue weighted by molar-refractivity contribution is 5.94. The van der Waals surface area contributed by atoms with E-state index in [9.17, 15) is 22.8 Å². The number of hydrogen-bond acceptors (Lipinski definition) is 5. The number of hydrogen-bond donors (Lipinski definition) is 2. The third kappa shape index (κ3) is 4.73. The van der Waals surface area contributed by atoms with Crippen LogP contribution in [0.2, 0.25) is 0 Å². The van der Waals surface area contributed by atoms with E-state index >= 15 is 0 Å². The van der Waals surface area contributed by atoms with E-state index in [-0.39, 0.29) is 37.1 Å². The van der Waals surface area contributed by atoms with Crippen LogP contribution in [-0.2, 0) is 17.4 Å². The summed E-state index contributed by atoms with van der Waals surface area (Å²) in [5.74, 6) is -2.07. The van der Waals surface area contributed by atoms with Crippen molar-refractivity contribution in [3.63, 3.8) is 0 Å². The third-order valence-corrected chi connectivity index (χ3v) is 4.41. The van der Waals surface area contributed by atoms with Crippen LogP contribution in [0.3, 0.4) is 0 Å². The third-order valence-electron chi connectivity index (χ3n) is 4.41. The molecule has 158 valence electrons. The van der Waals surface area contributed by atoms with Crippen LogP contribution in [0.1, 0.15) is 33.1 Å². The predicted octanol–water partition coefficient (Wildman–Crippen LogP) is 1.85. The van der Waals surface area contributed by atoms with Crippen molar-refractivity contribution in [1.82, 2.24) is 30.2 Å². The van der Waals surface area contributed by atoms with Crippen LogP contribution in [0.25, 0.3) is 5.78 Å². The Morgan fingerprint density at radius 3 is 2.37 bits per heavy atom. The van der Waals surface area contributed by atoms with Crippen molar-refractivity contribution in [2.75, 3.05) is 13.1 Å². The number of benzene rings is 1. The van der Waals surface area contributed by atoms with Crippen LogP contribution in [0.5, 0.6) is 0 Å². The zero-order chi connectivity index (χ0) is 21.9. The Labute approximate surface area is 169 Å². The summed E-state index contributed by atoms with van der Waals surface area (Å²) in [6.07, 6.45) is -4.77. The quantitative estimate of drug-likeness (QED) is 0.593. The van der Waals surface area contributed by atoms with E-state index in [1.807, 2.05) is 0 Å². The lowest BCUT2D eigenvalue weighted by atomic mass is 10.1. The summed E-state index contributed by atoms with van der Waals surface area (Å²) in [4.78, 5) is 31.6. The molecule has 0 aliphatic heterocycles. The van der Waals surface area contributed by atoms with Crippen LogP contribution >= 0.6 is 0 Å². The molecule has 2 amide bonds. The number of amides is 2. The average molecular weight is 420 g/mol. The molecule has 0 bridgehead atoms. The van der Waals surface area contributed by atoms with Crippen LogP contribution < -0.4 is 10.6 Å². The Morgan fingerprint density at radius 1 is 1.03 bits per heavy atom. The number of carbonyl (C=O) groups excluding carboxylic acids is 2. The monoisotopic (exact) mass is 420 g/mol. The Balaban J connectivity index is 1.60. The van der Waals surface area contributed by atoms with Gasteiger partial charge in [-0.05, 0) is 26.0 Å². The van der Waals surface area contributed by atoms with Gasteiger partial charge in [-0.25, -0.2) is 9.50 Å². The molecule has 11 heteroatoms. The summed E-state index contributed by atoms with van der Waals surface area (Å²) < 4.78 is 39.5. The molecule has 3 aromatic rings. The summed E-state index contributed by atoms with van der Waals surface area (Å²) in [6.45, 7) is 3.58. The van der Waals surface area contributed by atoms with E-state index in [0.29, 0.717) is 22.5 Å². The normalized spacial score (nSPS) is 11.5. The maximum absolute atomic E-state index is 12.8. The van der Waals surface area contributed by atoms with Gasteiger partial charge < -0.3 is 10.6 Å². The first-order chi connectivity index (χ1) is 14.2. The second kappa shape index (κ2) is 8.47. The smallest absolute Gasteiger partial charge is 0.354 e. The van der Waals surface area contributed by atoms with E-state index in [1.54, 1.807) is 44.2 Å². The van der Waals surface area contributed by atoms with Crippen molar-refractivity contribution in [1.29, 1.82) is 0 Å². The Hall–Kier alpha value is -3.50. The number of nitrogens with zero attached hydrogens (tertiary/aromatic N) is 4. The van der Waals surface area contributed by atoms with E-state index in [0.717, 1.165) is 4.52 Å². The molecule has 0 atom stereocenters. The standard InChI is InChI=1S/C19H19F3N6O2/c1-11-14(12(2)28-18(25-11)26-17(27-28)19(20,21)22)10-15(29)23-8-9-24-16(30)13-6-4-3-5-7-13/h3-7H,8-10H2,1-2H3,(H,23,29)(H,24,30). The summed E-state index contributed by atoms with van der Waals surface area (Å²) in [5, 5.41) is 8.81. The van der Waals surface area contributed by atoms with Crippen molar-refractivity contribution in [2.24, 2.45) is 0 Å². The largest absolute Gasteiger partial charge is 0.453 e. The lowest BCUT2D eigenvalue weighted by molar-refractivity contribution is -0.144. The van der Waals surface area contributed by atoms with Gasteiger partial charge in [-0.15, -0.1) is 5.10 Å². The van der Waals surface area contributed by atoms with Gasteiger partial charge in [-0.2, -0.15) is 18.2 Å². The zero-order valence-corrected chi connectivity index (χ0v) is 16.2. The van der Waals surface area contributed by atoms with Crippen molar-refractivity contribution >= 4 is 17.6 Å². The molecule has 8 nitrogen and oxygen atoms in total. The number of carbonyl (C=O) groups is 2. The van der Waals surface area contributed by atoms with Gasteiger partial charge >= 0.3 is 6.18 Å². The minimum atomic E-state index is -4.68. The second-order valence-corrected chi connectivity index (χ2v) is 6.55. The summed E-state index contributed by atoms with van der Waals surface area (Å²) in [7, 11) is 0. The molecule has 30 heavy (non-hydrogen) atoms. The lowest BCUT2D eigenvalue weighted by Crippen LogP contribution is -2.35. The number of fused-ring (bicyclic) bond motifs is 1. The molecule has 0 unspecified atom stereocenters. The summed E-state index contributed by atoms with van der Waals surface area (Å²) in [6, 6.07) is 8.66. The molecule has 0 saturated carbocycles. The number of nitrogens with one attached hydrogen (secondary N) is 2. The average Bonchev–Trinajstić information content (AvgIpc) is 3.13. The molecule has 0 fully saturated rings. The first kappa shape index (κ1) is 21.2. The highest BCUT2D eigenvalue weighted by Crippen LogP contribution is 2.27. The van der Waals surface area contributed by atoms with Gasteiger partial charge in [0.25, 0.3) is 17.5 Å². The topological polar surface area (TPSA) is 101 Å². The highest BCUT2D eigenvalue weighted by Gasteiger charge is 2.37. The molecular weight excluding hydrogens is 401 g/mol. The van der Waals surface area contributed by atoms with Crippen molar-refractivity contribution < 1.29 is 22.8 Å². The molecule has 3 rings (SSSR count). The lowest BCUT2D eigenvalue weighted by Gasteiger charge is -2.11. The molecule has 1 aromatic carbocycles. The van der Waals surface area contributed by atoms with Crippen molar-refractivity contribution in [3.05, 3.63) is 58.7 Å². The predicted molar refractivity (Wildman–Crippen MR) is 101 cm³/mol. The van der Waals surface area contributed by atoms with Crippen LogP contribution in [0.15, 0.2) is 30.3 Å². The van der Waals surface area contributed by atoms with Crippen molar-refractivity contribution in [2.45, 2.75) is 26.4 Å². The van der Waals surface area contributed by atoms with Gasteiger partial charge in [-0.3, -0.25) is 9.59 Å². The van der Waals surface area contributed by atoms with Gasteiger partial charge in [0.1, 0.15) is 0 Å². The van der Waals surface area contributed by atoms with Crippen LogP contribution in [0.4, 0.5) is 13.2 Å². The molecule has 0 spiro atoms. The fourth-order valence-electron chi connectivity index (χ4n) is 2.88. The van der Waals surface area contributed by atoms with E-state index < -0.39 is 12.0 Å². The van der Waals surface area contributed by atoms with Gasteiger partial charge in [0.05, 0.1) is 6.42 Å². The molecule has 0 saturated heterocycles. The minimum absolute atomic E-state index is 0.0888. The Bertz CT molecular complexity index is 1080. The maximum Gasteiger partial charge on any atom is 0.453 e. The van der Waals surface area contributed by atoms with Gasteiger partial charge in [0.15, 0.2) is 0 Å². The molecule has 0 radical (unpaired) electrons. The minimum Gasteiger partial charge on any atom is -0.354 e. The maximum atomic E-state index is 12.8. The first-order valence-electron chi connectivity index (χ1n) is 9.07.